The number of halogens is 1. The second-order valence-electron chi connectivity index (χ2n) is 4.24. The van der Waals surface area contributed by atoms with Gasteiger partial charge in [-0.2, -0.15) is 0 Å². The minimum Gasteiger partial charge on any atom is -0.490 e. The van der Waals surface area contributed by atoms with Crippen molar-refractivity contribution in [3.8, 4) is 5.75 Å². The molecule has 120 valence electrons. The third-order valence-electron chi connectivity index (χ3n) is 2.59. The van der Waals surface area contributed by atoms with E-state index < -0.39 is 16.8 Å². The Labute approximate surface area is 136 Å². The first-order valence-corrected chi connectivity index (χ1v) is 6.90. The molecule has 0 spiro atoms. The van der Waals surface area contributed by atoms with Crippen molar-refractivity contribution in [2.75, 3.05) is 13.2 Å². The standard InChI is InChI=1S/C15H12ClNO6/c16-11-1-3-12(4-2-11)21-9-10-22-15(18)8-6-13-5-7-14(23-13)17(19)20/h1-8H,9-10H2/b8-6+. The Morgan fingerprint density at radius 3 is 2.61 bits per heavy atom. The summed E-state index contributed by atoms with van der Waals surface area (Å²) in [6, 6.07) is 9.36. The summed E-state index contributed by atoms with van der Waals surface area (Å²) in [6.07, 6.45) is 2.40. The van der Waals surface area contributed by atoms with Crippen molar-refractivity contribution in [1.82, 2.24) is 0 Å². The molecule has 0 aliphatic carbocycles. The lowest BCUT2D eigenvalue weighted by Crippen LogP contribution is -2.10. The van der Waals surface area contributed by atoms with Gasteiger partial charge in [0.25, 0.3) is 0 Å². The maximum atomic E-state index is 11.5. The van der Waals surface area contributed by atoms with Crippen LogP contribution in [0.3, 0.4) is 0 Å². The maximum absolute atomic E-state index is 11.5. The zero-order valence-electron chi connectivity index (χ0n) is 11.8. The van der Waals surface area contributed by atoms with E-state index in [9.17, 15) is 14.9 Å². The Morgan fingerprint density at radius 1 is 1.22 bits per heavy atom. The van der Waals surface area contributed by atoms with Crippen LogP contribution in [0.5, 0.6) is 5.75 Å². The van der Waals surface area contributed by atoms with E-state index in [0.29, 0.717) is 10.8 Å². The number of benzene rings is 1. The van der Waals surface area contributed by atoms with Gasteiger partial charge in [-0.15, -0.1) is 0 Å². The molecule has 0 N–H and O–H groups in total. The second kappa shape index (κ2) is 8.00. The van der Waals surface area contributed by atoms with Crippen LogP contribution in [0.2, 0.25) is 5.02 Å². The molecule has 0 saturated heterocycles. The highest BCUT2D eigenvalue weighted by atomic mass is 35.5. The molecule has 7 nitrogen and oxygen atoms in total. The van der Waals surface area contributed by atoms with E-state index >= 15 is 0 Å². The predicted octanol–water partition coefficient (Wildman–Crippen LogP) is 3.48. The van der Waals surface area contributed by atoms with Crippen LogP contribution in [0.15, 0.2) is 46.9 Å². The van der Waals surface area contributed by atoms with Crippen LogP contribution >= 0.6 is 11.6 Å². The number of nitro groups is 1. The molecule has 0 amide bonds. The minimum atomic E-state index is -0.663. The molecule has 1 heterocycles. The van der Waals surface area contributed by atoms with E-state index in [1.165, 1.54) is 18.2 Å². The first kappa shape index (κ1) is 16.6. The van der Waals surface area contributed by atoms with Gasteiger partial charge in [0.15, 0.2) is 0 Å². The van der Waals surface area contributed by atoms with Crippen molar-refractivity contribution in [3.63, 3.8) is 0 Å². The first-order valence-electron chi connectivity index (χ1n) is 6.52. The SMILES string of the molecule is O=C(/C=C/c1ccc([N+](=O)[O-])o1)OCCOc1ccc(Cl)cc1. The van der Waals surface area contributed by atoms with Crippen LogP contribution in [0.4, 0.5) is 5.88 Å². The quantitative estimate of drug-likeness (QED) is 0.252. The molecule has 0 unspecified atom stereocenters. The molecule has 0 aliphatic heterocycles. The van der Waals surface area contributed by atoms with E-state index in [1.807, 2.05) is 0 Å². The van der Waals surface area contributed by atoms with Crippen LogP contribution in [0, 0.1) is 10.1 Å². The summed E-state index contributed by atoms with van der Waals surface area (Å²) in [5, 5.41) is 11.0. The zero-order chi connectivity index (χ0) is 16.7. The number of rotatable bonds is 7. The Morgan fingerprint density at radius 2 is 1.96 bits per heavy atom. The second-order valence-corrected chi connectivity index (χ2v) is 4.67. The lowest BCUT2D eigenvalue weighted by molar-refractivity contribution is -0.402. The van der Waals surface area contributed by atoms with Crippen molar-refractivity contribution in [3.05, 3.63) is 63.4 Å². The number of hydrogen-bond acceptors (Lipinski definition) is 6. The van der Waals surface area contributed by atoms with Gasteiger partial charge in [0.1, 0.15) is 29.6 Å². The van der Waals surface area contributed by atoms with Crippen LogP contribution < -0.4 is 4.74 Å². The normalized spacial score (nSPS) is 10.7. The van der Waals surface area contributed by atoms with Gasteiger partial charge >= 0.3 is 11.9 Å². The van der Waals surface area contributed by atoms with Crippen molar-refractivity contribution in [2.24, 2.45) is 0 Å². The third kappa shape index (κ3) is 5.48. The summed E-state index contributed by atoms with van der Waals surface area (Å²) in [5.41, 5.74) is 0. The van der Waals surface area contributed by atoms with Gasteiger partial charge in [0.2, 0.25) is 0 Å². The fourth-order valence-electron chi connectivity index (χ4n) is 1.56. The largest absolute Gasteiger partial charge is 0.490 e. The van der Waals surface area contributed by atoms with E-state index in [2.05, 4.69) is 0 Å². The van der Waals surface area contributed by atoms with Crippen LogP contribution in [0.25, 0.3) is 6.08 Å². The number of carbonyl (C=O) groups excluding carboxylic acids is 1. The predicted molar refractivity (Wildman–Crippen MR) is 82.3 cm³/mol. The Kier molecular flexibility index (Phi) is 5.76. The van der Waals surface area contributed by atoms with E-state index in [0.717, 1.165) is 6.08 Å². The number of esters is 1. The summed E-state index contributed by atoms with van der Waals surface area (Å²) in [6.45, 7) is 0.248. The number of furan rings is 1. The molecule has 2 rings (SSSR count). The molecule has 0 saturated carbocycles. The van der Waals surface area contributed by atoms with E-state index in [1.54, 1.807) is 24.3 Å². The molecule has 0 fully saturated rings. The molecule has 0 atom stereocenters. The number of carbonyl (C=O) groups is 1. The van der Waals surface area contributed by atoms with Crippen LogP contribution in [-0.4, -0.2) is 24.1 Å². The summed E-state index contributed by atoms with van der Waals surface area (Å²) in [4.78, 5) is 21.2. The van der Waals surface area contributed by atoms with Crippen LogP contribution in [0.1, 0.15) is 5.76 Å². The molecule has 0 radical (unpaired) electrons. The highest BCUT2D eigenvalue weighted by Crippen LogP contribution is 2.17. The van der Waals surface area contributed by atoms with Gasteiger partial charge in [0, 0.05) is 11.1 Å². The van der Waals surface area contributed by atoms with Gasteiger partial charge in [0.05, 0.1) is 6.07 Å². The molecule has 1 aromatic carbocycles. The van der Waals surface area contributed by atoms with Gasteiger partial charge in [-0.1, -0.05) is 11.6 Å². The lowest BCUT2D eigenvalue weighted by Gasteiger charge is -2.06. The highest BCUT2D eigenvalue weighted by molar-refractivity contribution is 6.30. The molecule has 23 heavy (non-hydrogen) atoms. The van der Waals surface area contributed by atoms with Crippen molar-refractivity contribution >= 4 is 29.5 Å². The molecule has 0 bridgehead atoms. The van der Waals surface area contributed by atoms with Gasteiger partial charge < -0.3 is 13.9 Å². The van der Waals surface area contributed by atoms with E-state index in [-0.39, 0.29) is 19.0 Å². The maximum Gasteiger partial charge on any atom is 0.433 e. The average Bonchev–Trinajstić information content (AvgIpc) is 3.00. The van der Waals surface area contributed by atoms with Gasteiger partial charge in [-0.25, -0.2) is 4.79 Å². The first-order chi connectivity index (χ1) is 11.0. The monoisotopic (exact) mass is 337 g/mol. The van der Waals surface area contributed by atoms with E-state index in [4.69, 9.17) is 25.5 Å². The fraction of sp³-hybridized carbons (Fsp3) is 0.133. The Balaban J connectivity index is 1.71. The molecule has 0 aliphatic rings. The molecule has 1 aromatic heterocycles. The average molecular weight is 338 g/mol. The zero-order valence-corrected chi connectivity index (χ0v) is 12.6. The summed E-state index contributed by atoms with van der Waals surface area (Å²) < 4.78 is 15.1. The van der Waals surface area contributed by atoms with Crippen molar-refractivity contribution in [1.29, 1.82) is 0 Å². The number of hydrogen-bond donors (Lipinski definition) is 0. The molecular formula is C15H12ClNO6. The molecular weight excluding hydrogens is 326 g/mol. The molecule has 8 heteroatoms. The Hall–Kier alpha value is -2.80. The number of ether oxygens (including phenoxy) is 2. The number of nitrogens with zero attached hydrogens (tertiary/aromatic N) is 1. The molecule has 2 aromatic rings. The van der Waals surface area contributed by atoms with Gasteiger partial charge in [-0.3, -0.25) is 10.1 Å². The highest BCUT2D eigenvalue weighted by Gasteiger charge is 2.10. The summed E-state index contributed by atoms with van der Waals surface area (Å²) >= 11 is 5.74. The third-order valence-corrected chi connectivity index (χ3v) is 2.84. The fourth-order valence-corrected chi connectivity index (χ4v) is 1.69. The lowest BCUT2D eigenvalue weighted by atomic mass is 10.3. The summed E-state index contributed by atoms with van der Waals surface area (Å²) in [5.74, 6) is -0.201. The van der Waals surface area contributed by atoms with Crippen molar-refractivity contribution in [2.45, 2.75) is 0 Å². The smallest absolute Gasteiger partial charge is 0.433 e. The van der Waals surface area contributed by atoms with Crippen LogP contribution in [-0.2, 0) is 9.53 Å². The van der Waals surface area contributed by atoms with Gasteiger partial charge in [-0.05, 0) is 36.4 Å². The minimum absolute atomic E-state index is 0.0596. The topological polar surface area (TPSA) is 91.8 Å². The summed E-state index contributed by atoms with van der Waals surface area (Å²) in [7, 11) is 0. The Bertz CT molecular complexity index is 707. The van der Waals surface area contributed by atoms with Crippen molar-refractivity contribution < 1.29 is 23.6 Å².